The van der Waals surface area contributed by atoms with Crippen LogP contribution in [0.5, 0.6) is 0 Å². The molecule has 2 heterocycles. The molecule has 14 heavy (non-hydrogen) atoms. The Balaban J connectivity index is 2.65. The van der Waals surface area contributed by atoms with Crippen LogP contribution in [0.15, 0.2) is 18.3 Å². The van der Waals surface area contributed by atoms with Gasteiger partial charge in [0.1, 0.15) is 0 Å². The van der Waals surface area contributed by atoms with Crippen LogP contribution in [0.25, 0.3) is 5.69 Å². The third-order valence-corrected chi connectivity index (χ3v) is 2.50. The summed E-state index contributed by atoms with van der Waals surface area (Å²) in [7, 11) is 1.95. The zero-order valence-electron chi connectivity index (χ0n) is 9.07. The highest BCUT2D eigenvalue weighted by Gasteiger charge is 2.08. The van der Waals surface area contributed by atoms with E-state index in [1.165, 1.54) is 17.1 Å². The highest BCUT2D eigenvalue weighted by molar-refractivity contribution is 5.39. The van der Waals surface area contributed by atoms with Gasteiger partial charge in [-0.1, -0.05) is 0 Å². The molecule has 74 valence electrons. The lowest BCUT2D eigenvalue weighted by molar-refractivity contribution is 0.756. The highest BCUT2D eigenvalue weighted by Crippen LogP contribution is 2.18. The van der Waals surface area contributed by atoms with Crippen molar-refractivity contribution in [3.05, 3.63) is 35.4 Å². The summed E-state index contributed by atoms with van der Waals surface area (Å²) in [5, 5.41) is 4.35. The van der Waals surface area contributed by atoms with E-state index in [1.807, 2.05) is 18.7 Å². The zero-order valence-corrected chi connectivity index (χ0v) is 9.07. The lowest BCUT2D eigenvalue weighted by atomic mass is 10.3. The average Bonchev–Trinajstić information content (AvgIpc) is 2.57. The minimum absolute atomic E-state index is 1.06. The van der Waals surface area contributed by atoms with Crippen molar-refractivity contribution in [2.45, 2.75) is 20.8 Å². The van der Waals surface area contributed by atoms with Gasteiger partial charge >= 0.3 is 0 Å². The van der Waals surface area contributed by atoms with Crippen molar-refractivity contribution in [3.63, 3.8) is 0 Å². The van der Waals surface area contributed by atoms with Crippen LogP contribution >= 0.6 is 0 Å². The smallest absolute Gasteiger partial charge is 0.0867 e. The normalized spacial score (nSPS) is 10.9. The fraction of sp³-hybridized carbons (Fsp3) is 0.364. The van der Waals surface area contributed by atoms with Gasteiger partial charge in [-0.3, -0.25) is 4.68 Å². The molecule has 0 saturated heterocycles. The molecule has 0 aliphatic heterocycles. The number of nitrogens with zero attached hydrogens (tertiary/aromatic N) is 3. The Hall–Kier alpha value is -1.51. The maximum Gasteiger partial charge on any atom is 0.0867 e. The molecule has 0 atom stereocenters. The van der Waals surface area contributed by atoms with Crippen LogP contribution in [0.4, 0.5) is 0 Å². The molecule has 0 fully saturated rings. The van der Waals surface area contributed by atoms with E-state index >= 15 is 0 Å². The second kappa shape index (κ2) is 3.01. The summed E-state index contributed by atoms with van der Waals surface area (Å²) in [6, 6.07) is 4.25. The number of hydrogen-bond acceptors (Lipinski definition) is 1. The van der Waals surface area contributed by atoms with Crippen LogP contribution in [0.3, 0.4) is 0 Å². The minimum atomic E-state index is 1.06. The summed E-state index contributed by atoms with van der Waals surface area (Å²) in [4.78, 5) is 0. The summed E-state index contributed by atoms with van der Waals surface area (Å²) in [6.45, 7) is 6.26. The summed E-state index contributed by atoms with van der Waals surface area (Å²) in [5.74, 6) is 0. The van der Waals surface area contributed by atoms with Crippen molar-refractivity contribution in [1.29, 1.82) is 0 Å². The van der Waals surface area contributed by atoms with Gasteiger partial charge in [-0.15, -0.1) is 0 Å². The largest absolute Gasteiger partial charge is 0.315 e. The Kier molecular flexibility index (Phi) is 1.95. The molecule has 2 rings (SSSR count). The fourth-order valence-electron chi connectivity index (χ4n) is 1.86. The molecule has 0 unspecified atom stereocenters. The fourth-order valence-corrected chi connectivity index (χ4v) is 1.86. The third kappa shape index (κ3) is 1.25. The summed E-state index contributed by atoms with van der Waals surface area (Å²) < 4.78 is 4.08. The van der Waals surface area contributed by atoms with Gasteiger partial charge in [0.15, 0.2) is 0 Å². The van der Waals surface area contributed by atoms with Crippen molar-refractivity contribution in [1.82, 2.24) is 14.3 Å². The van der Waals surface area contributed by atoms with Gasteiger partial charge in [-0.25, -0.2) is 0 Å². The zero-order chi connectivity index (χ0) is 10.3. The van der Waals surface area contributed by atoms with Gasteiger partial charge < -0.3 is 4.57 Å². The molecule has 3 heteroatoms. The van der Waals surface area contributed by atoms with Gasteiger partial charge in [0.05, 0.1) is 11.4 Å². The van der Waals surface area contributed by atoms with Crippen molar-refractivity contribution in [3.8, 4) is 5.69 Å². The molecular weight excluding hydrogens is 174 g/mol. The van der Waals surface area contributed by atoms with Gasteiger partial charge in [0, 0.05) is 24.6 Å². The molecule has 0 saturated carbocycles. The topological polar surface area (TPSA) is 22.8 Å². The molecule has 0 aliphatic rings. The first kappa shape index (κ1) is 9.06. The number of rotatable bonds is 1. The van der Waals surface area contributed by atoms with E-state index < -0.39 is 0 Å². The van der Waals surface area contributed by atoms with Crippen LogP contribution in [0, 0.1) is 20.8 Å². The maximum absolute atomic E-state index is 4.35. The van der Waals surface area contributed by atoms with Crippen LogP contribution in [0.2, 0.25) is 0 Å². The molecule has 2 aromatic rings. The standard InChI is InChI=1S/C11H15N3/c1-8-5-6-9(2)14(8)11-7-13(4)12-10(11)3/h5-7H,1-4H3. The van der Waals surface area contributed by atoms with Gasteiger partial charge in [-0.05, 0) is 32.9 Å². The summed E-state index contributed by atoms with van der Waals surface area (Å²) in [5.41, 5.74) is 4.74. The molecule has 3 nitrogen and oxygen atoms in total. The number of aryl methyl sites for hydroxylation is 4. The summed E-state index contributed by atoms with van der Waals surface area (Å²) in [6.07, 6.45) is 2.05. The van der Waals surface area contributed by atoms with Crippen LogP contribution in [0.1, 0.15) is 17.1 Å². The van der Waals surface area contributed by atoms with E-state index in [0.29, 0.717) is 0 Å². The molecule has 0 aliphatic carbocycles. The molecule has 2 aromatic heterocycles. The highest BCUT2D eigenvalue weighted by atomic mass is 15.3. The lowest BCUT2D eigenvalue weighted by Gasteiger charge is -2.06. The van der Waals surface area contributed by atoms with Gasteiger partial charge in [0.25, 0.3) is 0 Å². The number of hydrogen-bond donors (Lipinski definition) is 0. The van der Waals surface area contributed by atoms with Crippen LogP contribution in [-0.2, 0) is 7.05 Å². The van der Waals surface area contributed by atoms with Gasteiger partial charge in [0.2, 0.25) is 0 Å². The van der Waals surface area contributed by atoms with Crippen molar-refractivity contribution < 1.29 is 0 Å². The summed E-state index contributed by atoms with van der Waals surface area (Å²) >= 11 is 0. The Bertz CT molecular complexity index is 443. The molecule has 0 spiro atoms. The SMILES string of the molecule is Cc1nn(C)cc1-n1c(C)ccc1C. The Morgan fingerprint density at radius 1 is 1.07 bits per heavy atom. The van der Waals surface area contributed by atoms with Crippen molar-refractivity contribution >= 4 is 0 Å². The van der Waals surface area contributed by atoms with E-state index in [-0.39, 0.29) is 0 Å². The predicted octanol–water partition coefficient (Wildman–Crippen LogP) is 2.14. The monoisotopic (exact) mass is 189 g/mol. The lowest BCUT2D eigenvalue weighted by Crippen LogP contribution is -1.98. The first-order chi connectivity index (χ1) is 6.59. The Morgan fingerprint density at radius 3 is 2.07 bits per heavy atom. The van der Waals surface area contributed by atoms with Crippen LogP contribution in [-0.4, -0.2) is 14.3 Å². The predicted molar refractivity (Wildman–Crippen MR) is 56.7 cm³/mol. The maximum atomic E-state index is 4.35. The van der Waals surface area contributed by atoms with E-state index in [2.05, 4.69) is 41.8 Å². The van der Waals surface area contributed by atoms with Crippen molar-refractivity contribution in [2.75, 3.05) is 0 Å². The average molecular weight is 189 g/mol. The molecule has 0 N–H and O–H groups in total. The molecule has 0 radical (unpaired) electrons. The molecule has 0 amide bonds. The van der Waals surface area contributed by atoms with Gasteiger partial charge in [-0.2, -0.15) is 5.10 Å². The first-order valence-electron chi connectivity index (χ1n) is 4.75. The molecule has 0 aromatic carbocycles. The Labute approximate surface area is 84.0 Å². The van der Waals surface area contributed by atoms with E-state index in [9.17, 15) is 0 Å². The molecule has 0 bridgehead atoms. The quantitative estimate of drug-likeness (QED) is 0.674. The Morgan fingerprint density at radius 2 is 1.64 bits per heavy atom. The molecular formula is C11H15N3. The minimum Gasteiger partial charge on any atom is -0.315 e. The number of aromatic nitrogens is 3. The second-order valence-corrected chi connectivity index (χ2v) is 3.72. The van der Waals surface area contributed by atoms with Crippen LogP contribution < -0.4 is 0 Å². The van der Waals surface area contributed by atoms with E-state index in [1.54, 1.807) is 0 Å². The van der Waals surface area contributed by atoms with E-state index in [0.717, 1.165) is 5.69 Å². The first-order valence-corrected chi connectivity index (χ1v) is 4.75. The van der Waals surface area contributed by atoms with Crippen molar-refractivity contribution in [2.24, 2.45) is 7.05 Å². The van der Waals surface area contributed by atoms with E-state index in [4.69, 9.17) is 0 Å². The third-order valence-electron chi connectivity index (χ3n) is 2.50. The second-order valence-electron chi connectivity index (χ2n) is 3.72.